The van der Waals surface area contributed by atoms with Crippen molar-refractivity contribution < 1.29 is 0 Å². The van der Waals surface area contributed by atoms with Gasteiger partial charge in [0.25, 0.3) is 0 Å². The van der Waals surface area contributed by atoms with Gasteiger partial charge in [0.1, 0.15) is 0 Å². The Labute approximate surface area is 112 Å². The van der Waals surface area contributed by atoms with Crippen molar-refractivity contribution in [3.8, 4) is 0 Å². The Bertz CT molecular complexity index is 347. The lowest BCUT2D eigenvalue weighted by atomic mass is 9.99. The minimum Gasteiger partial charge on any atom is -0.324 e. The van der Waals surface area contributed by atoms with Gasteiger partial charge in [-0.25, -0.2) is 0 Å². The third-order valence-electron chi connectivity index (χ3n) is 3.56. The maximum absolute atomic E-state index is 6.31. The van der Waals surface area contributed by atoms with Gasteiger partial charge >= 0.3 is 0 Å². The highest BCUT2D eigenvalue weighted by Crippen LogP contribution is 2.18. The SMILES string of the molecule is CCCN(CCC(N)c1ccccc1C)C(C)C. The van der Waals surface area contributed by atoms with E-state index in [1.165, 1.54) is 17.5 Å². The van der Waals surface area contributed by atoms with Crippen LogP contribution < -0.4 is 5.73 Å². The van der Waals surface area contributed by atoms with Gasteiger partial charge in [-0.1, -0.05) is 31.2 Å². The summed E-state index contributed by atoms with van der Waals surface area (Å²) in [4.78, 5) is 2.51. The molecule has 1 unspecified atom stereocenters. The van der Waals surface area contributed by atoms with E-state index in [1.54, 1.807) is 0 Å². The minimum absolute atomic E-state index is 0.157. The van der Waals surface area contributed by atoms with Crippen molar-refractivity contribution in [2.75, 3.05) is 13.1 Å². The molecule has 0 saturated carbocycles. The Kier molecular flexibility index (Phi) is 6.37. The minimum atomic E-state index is 0.157. The van der Waals surface area contributed by atoms with Gasteiger partial charge in [-0.05, 0) is 51.3 Å². The van der Waals surface area contributed by atoms with Crippen LogP contribution in [0.3, 0.4) is 0 Å². The van der Waals surface area contributed by atoms with Crippen LogP contribution in [0.1, 0.15) is 50.8 Å². The molecule has 0 fully saturated rings. The first-order chi connectivity index (χ1) is 8.56. The first-order valence-electron chi connectivity index (χ1n) is 7.11. The van der Waals surface area contributed by atoms with Crippen molar-refractivity contribution in [3.63, 3.8) is 0 Å². The Morgan fingerprint density at radius 1 is 1.17 bits per heavy atom. The lowest BCUT2D eigenvalue weighted by Crippen LogP contribution is -2.34. The third kappa shape index (κ3) is 4.43. The van der Waals surface area contributed by atoms with E-state index in [4.69, 9.17) is 5.73 Å². The van der Waals surface area contributed by atoms with Gasteiger partial charge < -0.3 is 10.6 Å². The van der Waals surface area contributed by atoms with Crippen LogP contribution in [0.5, 0.6) is 0 Å². The van der Waals surface area contributed by atoms with Crippen LogP contribution >= 0.6 is 0 Å². The number of rotatable bonds is 7. The van der Waals surface area contributed by atoms with Crippen LogP contribution in [0, 0.1) is 6.92 Å². The first kappa shape index (κ1) is 15.2. The lowest BCUT2D eigenvalue weighted by molar-refractivity contribution is 0.214. The van der Waals surface area contributed by atoms with Crippen molar-refractivity contribution in [1.82, 2.24) is 4.90 Å². The molecule has 2 heteroatoms. The molecule has 0 aliphatic carbocycles. The Hall–Kier alpha value is -0.860. The fraction of sp³-hybridized carbons (Fsp3) is 0.625. The molecule has 0 aliphatic rings. The van der Waals surface area contributed by atoms with E-state index in [1.807, 2.05) is 0 Å². The first-order valence-corrected chi connectivity index (χ1v) is 7.11. The Morgan fingerprint density at radius 2 is 1.83 bits per heavy atom. The topological polar surface area (TPSA) is 29.3 Å². The third-order valence-corrected chi connectivity index (χ3v) is 3.56. The van der Waals surface area contributed by atoms with Crippen molar-refractivity contribution in [2.24, 2.45) is 5.73 Å². The van der Waals surface area contributed by atoms with Crippen LogP contribution in [0.4, 0.5) is 0 Å². The predicted molar refractivity (Wildman–Crippen MR) is 79.7 cm³/mol. The smallest absolute Gasteiger partial charge is 0.0309 e. The molecule has 0 radical (unpaired) electrons. The molecule has 18 heavy (non-hydrogen) atoms. The summed E-state index contributed by atoms with van der Waals surface area (Å²) in [5, 5.41) is 0. The van der Waals surface area contributed by atoms with E-state index >= 15 is 0 Å². The summed E-state index contributed by atoms with van der Waals surface area (Å²) in [6, 6.07) is 9.21. The van der Waals surface area contributed by atoms with Crippen molar-refractivity contribution in [3.05, 3.63) is 35.4 Å². The maximum atomic E-state index is 6.31. The zero-order chi connectivity index (χ0) is 13.5. The van der Waals surface area contributed by atoms with Gasteiger partial charge in [0.2, 0.25) is 0 Å². The molecule has 2 nitrogen and oxygen atoms in total. The van der Waals surface area contributed by atoms with Crippen LogP contribution in [-0.4, -0.2) is 24.0 Å². The highest BCUT2D eigenvalue weighted by Gasteiger charge is 2.12. The van der Waals surface area contributed by atoms with E-state index in [2.05, 4.69) is 56.9 Å². The normalized spacial score (nSPS) is 13.3. The standard InChI is InChI=1S/C16H28N2/c1-5-11-18(13(2)3)12-10-16(17)15-9-7-6-8-14(15)4/h6-9,13,16H,5,10-12,17H2,1-4H3. The van der Waals surface area contributed by atoms with Gasteiger partial charge in [0.05, 0.1) is 0 Å². The second-order valence-corrected chi connectivity index (χ2v) is 5.38. The summed E-state index contributed by atoms with van der Waals surface area (Å²) in [5.41, 5.74) is 8.91. The zero-order valence-corrected chi connectivity index (χ0v) is 12.3. The van der Waals surface area contributed by atoms with Crippen molar-refractivity contribution >= 4 is 0 Å². The monoisotopic (exact) mass is 248 g/mol. The highest BCUT2D eigenvalue weighted by atomic mass is 15.1. The quantitative estimate of drug-likeness (QED) is 0.800. The van der Waals surface area contributed by atoms with Gasteiger partial charge in [0, 0.05) is 18.6 Å². The Morgan fingerprint density at radius 3 is 2.39 bits per heavy atom. The molecule has 0 aliphatic heterocycles. The fourth-order valence-electron chi connectivity index (χ4n) is 2.38. The van der Waals surface area contributed by atoms with Gasteiger partial charge in [-0.2, -0.15) is 0 Å². The molecule has 0 amide bonds. The van der Waals surface area contributed by atoms with Gasteiger partial charge in [-0.15, -0.1) is 0 Å². The van der Waals surface area contributed by atoms with Gasteiger partial charge in [0.15, 0.2) is 0 Å². The number of nitrogens with two attached hydrogens (primary N) is 1. The number of nitrogens with zero attached hydrogens (tertiary/aromatic N) is 1. The molecule has 1 rings (SSSR count). The average molecular weight is 248 g/mol. The molecule has 1 atom stereocenters. The number of aryl methyl sites for hydroxylation is 1. The fourth-order valence-corrected chi connectivity index (χ4v) is 2.38. The lowest BCUT2D eigenvalue weighted by Gasteiger charge is -2.27. The zero-order valence-electron chi connectivity index (χ0n) is 12.3. The van der Waals surface area contributed by atoms with E-state index in [-0.39, 0.29) is 6.04 Å². The molecule has 0 saturated heterocycles. The van der Waals surface area contributed by atoms with Crippen LogP contribution in [0.15, 0.2) is 24.3 Å². The molecule has 0 spiro atoms. The molecule has 0 aromatic heterocycles. The molecule has 0 heterocycles. The molecule has 1 aromatic rings. The summed E-state index contributed by atoms with van der Waals surface area (Å²) in [6.45, 7) is 11.1. The number of benzene rings is 1. The van der Waals surface area contributed by atoms with Crippen molar-refractivity contribution in [2.45, 2.75) is 52.6 Å². The molecular weight excluding hydrogens is 220 g/mol. The maximum Gasteiger partial charge on any atom is 0.0309 e. The Balaban J connectivity index is 2.54. The molecule has 2 N–H and O–H groups in total. The average Bonchev–Trinajstić information content (AvgIpc) is 2.34. The van der Waals surface area contributed by atoms with E-state index in [9.17, 15) is 0 Å². The summed E-state index contributed by atoms with van der Waals surface area (Å²) in [5.74, 6) is 0. The highest BCUT2D eigenvalue weighted by molar-refractivity contribution is 5.28. The van der Waals surface area contributed by atoms with E-state index < -0.39 is 0 Å². The summed E-state index contributed by atoms with van der Waals surface area (Å²) in [6.07, 6.45) is 2.24. The molecule has 102 valence electrons. The van der Waals surface area contributed by atoms with Crippen molar-refractivity contribution in [1.29, 1.82) is 0 Å². The largest absolute Gasteiger partial charge is 0.324 e. The van der Waals surface area contributed by atoms with Gasteiger partial charge in [-0.3, -0.25) is 0 Å². The summed E-state index contributed by atoms with van der Waals surface area (Å²) >= 11 is 0. The van der Waals surface area contributed by atoms with E-state index in [0.29, 0.717) is 6.04 Å². The predicted octanol–water partition coefficient (Wildman–Crippen LogP) is 3.51. The summed E-state index contributed by atoms with van der Waals surface area (Å²) < 4.78 is 0. The van der Waals surface area contributed by atoms with Crippen LogP contribution in [0.25, 0.3) is 0 Å². The molecular formula is C16H28N2. The second-order valence-electron chi connectivity index (χ2n) is 5.38. The van der Waals surface area contributed by atoms with Crippen LogP contribution in [0.2, 0.25) is 0 Å². The number of hydrogen-bond acceptors (Lipinski definition) is 2. The molecule has 1 aromatic carbocycles. The molecule has 0 bridgehead atoms. The summed E-state index contributed by atoms with van der Waals surface area (Å²) in [7, 11) is 0. The van der Waals surface area contributed by atoms with E-state index in [0.717, 1.165) is 19.5 Å². The number of hydrogen-bond donors (Lipinski definition) is 1. The second kappa shape index (κ2) is 7.55. The van der Waals surface area contributed by atoms with Crippen LogP contribution in [-0.2, 0) is 0 Å².